The van der Waals surface area contributed by atoms with Gasteiger partial charge >= 0.3 is 12.1 Å². The minimum atomic E-state index is -1.12. The molecule has 2 heterocycles. The number of amides is 2. The number of hydrogen-bond donors (Lipinski definition) is 3. The lowest BCUT2D eigenvalue weighted by molar-refractivity contribution is -0.143. The van der Waals surface area contributed by atoms with Crippen molar-refractivity contribution in [3.8, 4) is 0 Å². The highest BCUT2D eigenvalue weighted by Gasteiger charge is 2.60. The molecule has 2 fully saturated rings. The van der Waals surface area contributed by atoms with Crippen LogP contribution in [0.4, 0.5) is 10.5 Å². The smallest absolute Gasteiger partial charge is 0.410 e. The number of carboxylic acid groups (broad SMARTS) is 1. The lowest BCUT2D eigenvalue weighted by Gasteiger charge is -2.37. The van der Waals surface area contributed by atoms with Crippen LogP contribution in [0, 0.1) is 0 Å². The second-order valence-corrected chi connectivity index (χ2v) is 10.4. The molecule has 1 spiro atoms. The quantitative estimate of drug-likeness (QED) is 0.530. The van der Waals surface area contributed by atoms with Crippen molar-refractivity contribution in [3.05, 3.63) is 29.3 Å². The Morgan fingerprint density at radius 1 is 1.15 bits per heavy atom. The predicted molar refractivity (Wildman–Crippen MR) is 124 cm³/mol. The number of anilines is 1. The largest absolute Gasteiger partial charge is 0.480 e. The number of rotatable bonds is 6. The monoisotopic (exact) mass is 474 g/mol. The SMILES string of the molecule is CC(C)(C)OC(=O)N1CCN(c2ccc3c(c2)C2(CC2)N(C(CCC(N)O)C(=O)O)C3=O)CC1. The Labute approximate surface area is 199 Å². The second kappa shape index (κ2) is 8.74. The fraction of sp³-hybridized carbons (Fsp3) is 0.625. The molecule has 1 aliphatic carbocycles. The number of aliphatic hydroxyl groups is 1. The van der Waals surface area contributed by atoms with E-state index in [0.29, 0.717) is 44.6 Å². The van der Waals surface area contributed by atoms with Crippen molar-refractivity contribution in [2.75, 3.05) is 31.1 Å². The number of ether oxygens (including phenoxy) is 1. The van der Waals surface area contributed by atoms with Crippen LogP contribution >= 0.6 is 0 Å². The third-order valence-corrected chi connectivity index (χ3v) is 6.77. The van der Waals surface area contributed by atoms with Gasteiger partial charge in [0.25, 0.3) is 5.91 Å². The number of piperazine rings is 1. The summed E-state index contributed by atoms with van der Waals surface area (Å²) in [7, 11) is 0. The van der Waals surface area contributed by atoms with Gasteiger partial charge in [-0.25, -0.2) is 9.59 Å². The molecular weight excluding hydrogens is 440 g/mol. The molecule has 2 aliphatic heterocycles. The highest BCUT2D eigenvalue weighted by molar-refractivity contribution is 6.03. The molecule has 4 N–H and O–H groups in total. The highest BCUT2D eigenvalue weighted by atomic mass is 16.6. The van der Waals surface area contributed by atoms with Crippen LogP contribution in [-0.2, 0) is 15.1 Å². The van der Waals surface area contributed by atoms with E-state index in [1.54, 1.807) is 11.0 Å². The number of nitrogens with zero attached hydrogens (tertiary/aromatic N) is 3. The number of fused-ring (bicyclic) bond motifs is 2. The normalized spacial score (nSPS) is 20.9. The molecule has 0 radical (unpaired) electrons. The van der Waals surface area contributed by atoms with Crippen LogP contribution in [0.1, 0.15) is 62.4 Å². The van der Waals surface area contributed by atoms with Gasteiger partial charge in [-0.05, 0) is 70.2 Å². The Kier molecular flexibility index (Phi) is 6.24. The van der Waals surface area contributed by atoms with Gasteiger partial charge in [0, 0.05) is 37.4 Å². The van der Waals surface area contributed by atoms with Gasteiger partial charge in [0.05, 0.1) is 5.54 Å². The molecule has 1 aromatic rings. The average molecular weight is 475 g/mol. The maximum absolute atomic E-state index is 13.3. The van der Waals surface area contributed by atoms with E-state index >= 15 is 0 Å². The van der Waals surface area contributed by atoms with Gasteiger partial charge < -0.3 is 35.4 Å². The number of hydrogen-bond acceptors (Lipinski definition) is 7. The fourth-order valence-electron chi connectivity index (χ4n) is 4.99. The average Bonchev–Trinajstić information content (AvgIpc) is 3.51. The minimum absolute atomic E-state index is 0.0912. The van der Waals surface area contributed by atoms with Crippen LogP contribution in [0.25, 0.3) is 0 Å². The van der Waals surface area contributed by atoms with E-state index < -0.39 is 29.4 Å². The first-order valence-electron chi connectivity index (χ1n) is 11.8. The number of nitrogens with two attached hydrogens (primary N) is 1. The Morgan fingerprint density at radius 3 is 2.32 bits per heavy atom. The predicted octanol–water partition coefficient (Wildman–Crippen LogP) is 1.70. The summed E-state index contributed by atoms with van der Waals surface area (Å²) in [5.74, 6) is -1.38. The van der Waals surface area contributed by atoms with E-state index in [0.717, 1.165) is 11.3 Å². The second-order valence-electron chi connectivity index (χ2n) is 10.4. The van der Waals surface area contributed by atoms with Crippen LogP contribution in [0.2, 0.25) is 0 Å². The van der Waals surface area contributed by atoms with E-state index in [1.165, 1.54) is 4.90 Å². The zero-order chi connectivity index (χ0) is 24.8. The lowest BCUT2D eigenvalue weighted by atomic mass is 10.00. The molecule has 1 saturated heterocycles. The van der Waals surface area contributed by atoms with Crippen molar-refractivity contribution >= 4 is 23.7 Å². The summed E-state index contributed by atoms with van der Waals surface area (Å²) in [5, 5.41) is 19.3. The number of aliphatic hydroxyl groups excluding tert-OH is 1. The first-order valence-corrected chi connectivity index (χ1v) is 11.8. The number of aliphatic carboxylic acids is 1. The van der Waals surface area contributed by atoms with E-state index in [-0.39, 0.29) is 24.8 Å². The maximum atomic E-state index is 13.3. The first kappa shape index (κ1) is 24.3. The van der Waals surface area contributed by atoms with Crippen LogP contribution in [-0.4, -0.2) is 82.0 Å². The number of benzene rings is 1. The molecule has 0 aromatic heterocycles. The molecule has 1 saturated carbocycles. The molecule has 10 heteroatoms. The molecule has 2 atom stereocenters. The summed E-state index contributed by atoms with van der Waals surface area (Å²) < 4.78 is 5.47. The van der Waals surface area contributed by atoms with Crippen molar-refractivity contribution < 1.29 is 29.3 Å². The molecule has 0 bridgehead atoms. The van der Waals surface area contributed by atoms with Gasteiger partial charge in [0.15, 0.2) is 0 Å². The Bertz CT molecular complexity index is 976. The highest BCUT2D eigenvalue weighted by Crippen LogP contribution is 2.58. The maximum Gasteiger partial charge on any atom is 0.410 e. The van der Waals surface area contributed by atoms with Crippen LogP contribution in [0.3, 0.4) is 0 Å². The lowest BCUT2D eigenvalue weighted by Crippen LogP contribution is -2.50. The van der Waals surface area contributed by atoms with Crippen LogP contribution < -0.4 is 10.6 Å². The molecule has 3 aliphatic rings. The Hall–Kier alpha value is -2.85. The molecular formula is C24H34N4O6. The van der Waals surface area contributed by atoms with Gasteiger partial charge in [-0.2, -0.15) is 0 Å². The standard InChI is InChI=1S/C24H34N4O6/c1-23(2,3)34-22(33)27-12-10-26(11-13-27)15-4-5-16-17(14-15)24(8-9-24)28(20(16)30)18(21(31)32)6-7-19(25)29/h4-5,14,18-19,29H,6-13,25H2,1-3H3,(H,31,32). The van der Waals surface area contributed by atoms with E-state index in [4.69, 9.17) is 10.5 Å². The van der Waals surface area contributed by atoms with E-state index in [2.05, 4.69) is 4.90 Å². The zero-order valence-corrected chi connectivity index (χ0v) is 20.0. The molecule has 4 rings (SSSR count). The fourth-order valence-corrected chi connectivity index (χ4v) is 4.99. The summed E-state index contributed by atoms with van der Waals surface area (Å²) >= 11 is 0. The van der Waals surface area contributed by atoms with E-state index in [9.17, 15) is 24.6 Å². The number of carboxylic acids is 1. The van der Waals surface area contributed by atoms with Crippen molar-refractivity contribution in [2.45, 2.75) is 69.9 Å². The zero-order valence-electron chi connectivity index (χ0n) is 20.0. The molecule has 2 amide bonds. The number of carbonyl (C=O) groups is 3. The minimum Gasteiger partial charge on any atom is -0.480 e. The van der Waals surface area contributed by atoms with Gasteiger partial charge in [-0.15, -0.1) is 0 Å². The molecule has 34 heavy (non-hydrogen) atoms. The van der Waals surface area contributed by atoms with Gasteiger partial charge in [0.1, 0.15) is 17.9 Å². The summed E-state index contributed by atoms with van der Waals surface area (Å²) in [4.78, 5) is 43.0. The van der Waals surface area contributed by atoms with Crippen molar-refractivity contribution in [3.63, 3.8) is 0 Å². The Morgan fingerprint density at radius 2 is 1.79 bits per heavy atom. The first-order chi connectivity index (χ1) is 15.9. The van der Waals surface area contributed by atoms with Crippen LogP contribution in [0.5, 0.6) is 0 Å². The van der Waals surface area contributed by atoms with E-state index in [1.807, 2.05) is 32.9 Å². The third-order valence-electron chi connectivity index (χ3n) is 6.77. The summed E-state index contributed by atoms with van der Waals surface area (Å²) in [6, 6.07) is 4.63. The van der Waals surface area contributed by atoms with Gasteiger partial charge in [-0.3, -0.25) is 4.79 Å². The summed E-state index contributed by atoms with van der Waals surface area (Å²) in [6.45, 7) is 7.87. The Balaban J connectivity index is 1.50. The van der Waals surface area contributed by atoms with Gasteiger partial charge in [-0.1, -0.05) is 0 Å². The van der Waals surface area contributed by atoms with Crippen molar-refractivity contribution in [2.24, 2.45) is 5.73 Å². The number of carbonyl (C=O) groups excluding carboxylic acids is 2. The molecule has 2 unspecified atom stereocenters. The molecule has 1 aromatic carbocycles. The van der Waals surface area contributed by atoms with Gasteiger partial charge in [0.2, 0.25) is 0 Å². The molecule has 10 nitrogen and oxygen atoms in total. The molecule has 186 valence electrons. The van der Waals surface area contributed by atoms with Crippen molar-refractivity contribution in [1.29, 1.82) is 0 Å². The third kappa shape index (κ3) is 4.56. The topological polar surface area (TPSA) is 137 Å². The summed E-state index contributed by atoms with van der Waals surface area (Å²) in [6.07, 6.45) is 0.158. The van der Waals surface area contributed by atoms with Crippen molar-refractivity contribution in [1.82, 2.24) is 9.80 Å². The summed E-state index contributed by atoms with van der Waals surface area (Å²) in [5.41, 5.74) is 6.63. The van der Waals surface area contributed by atoms with Crippen LogP contribution in [0.15, 0.2) is 18.2 Å².